The van der Waals surface area contributed by atoms with Gasteiger partial charge in [-0.3, -0.25) is 4.68 Å². The second-order valence-electron chi connectivity index (χ2n) is 4.03. The summed E-state index contributed by atoms with van der Waals surface area (Å²) in [6.45, 7) is 5.66. The minimum atomic E-state index is 0.718. The molecule has 0 fully saturated rings. The first-order valence-corrected chi connectivity index (χ1v) is 7.00. The molecule has 0 unspecified atom stereocenters. The number of nitrogens with zero attached hydrogens (tertiary/aromatic N) is 2. The van der Waals surface area contributed by atoms with E-state index in [9.17, 15) is 0 Å². The number of anilines is 1. The molecule has 0 bridgehead atoms. The van der Waals surface area contributed by atoms with E-state index in [4.69, 9.17) is 11.6 Å². The van der Waals surface area contributed by atoms with Gasteiger partial charge in [-0.25, -0.2) is 0 Å². The molecule has 0 radical (unpaired) electrons. The van der Waals surface area contributed by atoms with Gasteiger partial charge in [-0.15, -0.1) is 0 Å². The maximum absolute atomic E-state index is 5.95. The van der Waals surface area contributed by atoms with Gasteiger partial charge in [-0.2, -0.15) is 5.10 Å². The van der Waals surface area contributed by atoms with Crippen LogP contribution in [0.5, 0.6) is 0 Å². The van der Waals surface area contributed by atoms with Crippen LogP contribution in [0.15, 0.2) is 28.7 Å². The van der Waals surface area contributed by atoms with Crippen molar-refractivity contribution in [2.45, 2.75) is 26.9 Å². The maximum atomic E-state index is 5.95. The lowest BCUT2D eigenvalue weighted by molar-refractivity contribution is 0.622. The Labute approximate surface area is 120 Å². The molecule has 0 atom stereocenters. The Bertz CT molecular complexity index is 551. The molecule has 1 aromatic carbocycles. The Morgan fingerprint density at radius 2 is 2.22 bits per heavy atom. The molecule has 0 aliphatic carbocycles. The lowest BCUT2D eigenvalue weighted by Gasteiger charge is -2.09. The van der Waals surface area contributed by atoms with Gasteiger partial charge in [0.25, 0.3) is 0 Å². The van der Waals surface area contributed by atoms with Crippen LogP contribution in [-0.2, 0) is 13.1 Å². The Kier molecular flexibility index (Phi) is 4.30. The zero-order chi connectivity index (χ0) is 13.1. The fourth-order valence-corrected chi connectivity index (χ4v) is 2.44. The first-order chi connectivity index (χ1) is 8.61. The second kappa shape index (κ2) is 5.76. The smallest absolute Gasteiger partial charge is 0.0739 e. The summed E-state index contributed by atoms with van der Waals surface area (Å²) in [7, 11) is 0. The summed E-state index contributed by atoms with van der Waals surface area (Å²) in [6, 6.07) is 7.71. The molecule has 0 aliphatic rings. The number of aromatic nitrogens is 2. The van der Waals surface area contributed by atoms with E-state index < -0.39 is 0 Å². The molecule has 0 saturated carbocycles. The van der Waals surface area contributed by atoms with Crippen molar-refractivity contribution < 1.29 is 0 Å². The molecule has 1 heterocycles. The first-order valence-electron chi connectivity index (χ1n) is 5.83. The monoisotopic (exact) mass is 327 g/mol. The van der Waals surface area contributed by atoms with Crippen molar-refractivity contribution in [3.05, 3.63) is 45.1 Å². The van der Waals surface area contributed by atoms with Crippen molar-refractivity contribution in [1.82, 2.24) is 9.78 Å². The fourth-order valence-electron chi connectivity index (χ4n) is 1.82. The van der Waals surface area contributed by atoms with Gasteiger partial charge < -0.3 is 5.32 Å². The van der Waals surface area contributed by atoms with Gasteiger partial charge in [0.2, 0.25) is 0 Å². The number of halogens is 2. The van der Waals surface area contributed by atoms with E-state index in [-0.39, 0.29) is 0 Å². The van der Waals surface area contributed by atoms with E-state index in [0.29, 0.717) is 0 Å². The van der Waals surface area contributed by atoms with Gasteiger partial charge in [-0.1, -0.05) is 17.7 Å². The second-order valence-corrected chi connectivity index (χ2v) is 5.26. The molecule has 0 saturated heterocycles. The van der Waals surface area contributed by atoms with Gasteiger partial charge >= 0.3 is 0 Å². The summed E-state index contributed by atoms with van der Waals surface area (Å²) < 4.78 is 3.07. The predicted octanol–water partition coefficient (Wildman–Crippen LogP) is 4.24. The third kappa shape index (κ3) is 2.87. The number of hydrogen-bond acceptors (Lipinski definition) is 2. The minimum absolute atomic E-state index is 0.718. The SMILES string of the molecule is CCn1nc(C)c(Br)c1CNc1cccc(Cl)c1. The molecule has 0 spiro atoms. The van der Waals surface area contributed by atoms with Crippen LogP contribution in [0.3, 0.4) is 0 Å². The summed E-state index contributed by atoms with van der Waals surface area (Å²) in [5.74, 6) is 0. The number of nitrogens with one attached hydrogen (secondary N) is 1. The largest absolute Gasteiger partial charge is 0.379 e. The third-order valence-corrected chi connectivity index (χ3v) is 4.00. The lowest BCUT2D eigenvalue weighted by Crippen LogP contribution is -2.08. The molecule has 0 aliphatic heterocycles. The van der Waals surface area contributed by atoms with Crippen molar-refractivity contribution in [2.75, 3.05) is 5.32 Å². The number of aryl methyl sites for hydroxylation is 2. The number of rotatable bonds is 4. The molecule has 5 heteroatoms. The number of benzene rings is 1. The van der Waals surface area contributed by atoms with Crippen LogP contribution in [0, 0.1) is 6.92 Å². The third-order valence-electron chi connectivity index (χ3n) is 2.74. The maximum Gasteiger partial charge on any atom is 0.0739 e. The topological polar surface area (TPSA) is 29.9 Å². The van der Waals surface area contributed by atoms with Crippen molar-refractivity contribution in [3.63, 3.8) is 0 Å². The highest BCUT2D eigenvalue weighted by molar-refractivity contribution is 9.10. The summed E-state index contributed by atoms with van der Waals surface area (Å²) >= 11 is 9.53. The summed E-state index contributed by atoms with van der Waals surface area (Å²) in [6.07, 6.45) is 0. The van der Waals surface area contributed by atoms with E-state index in [1.165, 1.54) is 0 Å². The molecule has 2 rings (SSSR count). The van der Waals surface area contributed by atoms with Gasteiger partial charge in [-0.05, 0) is 48.0 Å². The molecule has 3 nitrogen and oxygen atoms in total. The zero-order valence-corrected chi connectivity index (χ0v) is 12.7. The van der Waals surface area contributed by atoms with Crippen molar-refractivity contribution in [3.8, 4) is 0 Å². The Hall–Kier alpha value is -1.00. The van der Waals surface area contributed by atoms with Gasteiger partial charge in [0.15, 0.2) is 0 Å². The highest BCUT2D eigenvalue weighted by atomic mass is 79.9. The van der Waals surface area contributed by atoms with E-state index in [1.807, 2.05) is 35.9 Å². The molecule has 0 amide bonds. The van der Waals surface area contributed by atoms with Gasteiger partial charge in [0.1, 0.15) is 0 Å². The van der Waals surface area contributed by atoms with Crippen LogP contribution in [0.25, 0.3) is 0 Å². The lowest BCUT2D eigenvalue weighted by atomic mass is 10.3. The van der Waals surface area contributed by atoms with Crippen molar-refractivity contribution >= 4 is 33.2 Å². The first kappa shape index (κ1) is 13.4. The Balaban J connectivity index is 2.15. The van der Waals surface area contributed by atoms with Crippen LogP contribution < -0.4 is 5.32 Å². The molecule has 96 valence electrons. The van der Waals surface area contributed by atoms with Crippen LogP contribution >= 0.6 is 27.5 Å². The van der Waals surface area contributed by atoms with Crippen molar-refractivity contribution in [1.29, 1.82) is 0 Å². The standard InChI is InChI=1S/C13H15BrClN3/c1-3-18-12(13(14)9(2)17-18)8-16-11-6-4-5-10(15)7-11/h4-7,16H,3,8H2,1-2H3. The minimum Gasteiger partial charge on any atom is -0.379 e. The van der Waals surface area contributed by atoms with E-state index in [2.05, 4.69) is 33.3 Å². The molecule has 1 N–H and O–H groups in total. The predicted molar refractivity (Wildman–Crippen MR) is 79.1 cm³/mol. The highest BCUT2D eigenvalue weighted by Crippen LogP contribution is 2.22. The van der Waals surface area contributed by atoms with Crippen molar-refractivity contribution in [2.24, 2.45) is 0 Å². The molecule has 2 aromatic rings. The molecule has 1 aromatic heterocycles. The summed E-state index contributed by atoms with van der Waals surface area (Å²) in [5.41, 5.74) is 3.17. The Morgan fingerprint density at radius 1 is 1.44 bits per heavy atom. The normalized spacial score (nSPS) is 10.7. The number of hydrogen-bond donors (Lipinski definition) is 1. The van der Waals surface area contributed by atoms with Crippen LogP contribution in [0.4, 0.5) is 5.69 Å². The van der Waals surface area contributed by atoms with Gasteiger partial charge in [0, 0.05) is 17.3 Å². The highest BCUT2D eigenvalue weighted by Gasteiger charge is 2.11. The molecular formula is C13H15BrClN3. The Morgan fingerprint density at radius 3 is 2.89 bits per heavy atom. The van der Waals surface area contributed by atoms with E-state index in [0.717, 1.165) is 39.7 Å². The summed E-state index contributed by atoms with van der Waals surface area (Å²) in [5, 5.41) is 8.55. The van der Waals surface area contributed by atoms with Gasteiger partial charge in [0.05, 0.1) is 22.4 Å². The van der Waals surface area contributed by atoms with Crippen LogP contribution in [0.1, 0.15) is 18.3 Å². The van der Waals surface area contributed by atoms with Crippen LogP contribution in [-0.4, -0.2) is 9.78 Å². The molecule has 18 heavy (non-hydrogen) atoms. The fraction of sp³-hybridized carbons (Fsp3) is 0.308. The summed E-state index contributed by atoms with van der Waals surface area (Å²) in [4.78, 5) is 0. The zero-order valence-electron chi connectivity index (χ0n) is 10.4. The average Bonchev–Trinajstić information content (AvgIpc) is 2.63. The van der Waals surface area contributed by atoms with E-state index >= 15 is 0 Å². The quantitative estimate of drug-likeness (QED) is 0.910. The average molecular weight is 329 g/mol. The van der Waals surface area contributed by atoms with E-state index in [1.54, 1.807) is 0 Å². The van der Waals surface area contributed by atoms with Crippen LogP contribution in [0.2, 0.25) is 5.02 Å². The molecular weight excluding hydrogens is 314 g/mol.